The van der Waals surface area contributed by atoms with E-state index >= 15 is 0 Å². The molecule has 0 bridgehead atoms. The topological polar surface area (TPSA) is 45.1 Å². The van der Waals surface area contributed by atoms with E-state index in [2.05, 4.69) is 41.0 Å². The molecule has 1 aliphatic carbocycles. The van der Waals surface area contributed by atoms with Gasteiger partial charge in [-0.15, -0.1) is 11.3 Å². The smallest absolute Gasteiger partial charge is 0.123 e. The zero-order chi connectivity index (χ0) is 16.4. The molecule has 122 valence electrons. The largest absolute Gasteiger partial charge is 0.394 e. The van der Waals surface area contributed by atoms with Crippen LogP contribution in [0.1, 0.15) is 23.2 Å². The van der Waals surface area contributed by atoms with Gasteiger partial charge in [-0.05, 0) is 24.0 Å². The van der Waals surface area contributed by atoms with Crippen molar-refractivity contribution in [2.75, 3.05) is 6.61 Å². The van der Waals surface area contributed by atoms with E-state index in [0.29, 0.717) is 6.54 Å². The van der Waals surface area contributed by atoms with Gasteiger partial charge in [0.05, 0.1) is 17.8 Å². The highest BCUT2D eigenvalue weighted by atomic mass is 32.1. The Labute approximate surface area is 146 Å². The standard InChI is InChI=1S/C20H20N2OS/c23-14-20(11-10-15-6-4-5-9-18(15)20)21-12-17-13-24-19(22-17)16-7-2-1-3-8-16/h1-9,13,21,23H,10-12,14H2. The Balaban J connectivity index is 1.52. The van der Waals surface area contributed by atoms with Gasteiger partial charge in [0.25, 0.3) is 0 Å². The summed E-state index contributed by atoms with van der Waals surface area (Å²) in [5.41, 5.74) is 4.40. The van der Waals surface area contributed by atoms with Crippen LogP contribution in [0.15, 0.2) is 60.0 Å². The summed E-state index contributed by atoms with van der Waals surface area (Å²) in [4.78, 5) is 4.74. The van der Waals surface area contributed by atoms with E-state index in [1.807, 2.05) is 24.3 Å². The lowest BCUT2D eigenvalue weighted by molar-refractivity contribution is 0.158. The lowest BCUT2D eigenvalue weighted by Gasteiger charge is -2.29. The minimum Gasteiger partial charge on any atom is -0.394 e. The van der Waals surface area contributed by atoms with Crippen LogP contribution in [-0.2, 0) is 18.5 Å². The maximum Gasteiger partial charge on any atom is 0.123 e. The minimum absolute atomic E-state index is 0.111. The monoisotopic (exact) mass is 336 g/mol. The van der Waals surface area contributed by atoms with Gasteiger partial charge in [0.15, 0.2) is 0 Å². The molecule has 1 aliphatic rings. The second-order valence-corrected chi connectivity index (χ2v) is 7.12. The Bertz CT molecular complexity index is 830. The van der Waals surface area contributed by atoms with E-state index in [-0.39, 0.29) is 12.1 Å². The van der Waals surface area contributed by atoms with Crippen molar-refractivity contribution in [2.45, 2.75) is 24.9 Å². The molecule has 1 atom stereocenters. The van der Waals surface area contributed by atoms with E-state index < -0.39 is 0 Å². The first-order valence-electron chi connectivity index (χ1n) is 8.25. The zero-order valence-electron chi connectivity index (χ0n) is 13.4. The van der Waals surface area contributed by atoms with Crippen LogP contribution in [-0.4, -0.2) is 16.7 Å². The Morgan fingerprint density at radius 3 is 2.71 bits per heavy atom. The molecule has 0 spiro atoms. The number of aryl methyl sites for hydroxylation is 1. The molecule has 3 nitrogen and oxygen atoms in total. The molecule has 0 saturated heterocycles. The fraction of sp³-hybridized carbons (Fsp3) is 0.250. The number of hydrogen-bond acceptors (Lipinski definition) is 4. The average Bonchev–Trinajstić information content (AvgIpc) is 3.26. The van der Waals surface area contributed by atoms with E-state index in [1.54, 1.807) is 11.3 Å². The summed E-state index contributed by atoms with van der Waals surface area (Å²) in [5, 5.41) is 16.8. The zero-order valence-corrected chi connectivity index (χ0v) is 14.2. The molecular weight excluding hydrogens is 316 g/mol. The number of rotatable bonds is 5. The van der Waals surface area contributed by atoms with Crippen molar-refractivity contribution in [1.29, 1.82) is 0 Å². The van der Waals surface area contributed by atoms with Gasteiger partial charge in [-0.2, -0.15) is 0 Å². The molecule has 0 amide bonds. The first-order valence-corrected chi connectivity index (χ1v) is 9.13. The second-order valence-electron chi connectivity index (χ2n) is 6.26. The quantitative estimate of drug-likeness (QED) is 0.746. The third kappa shape index (κ3) is 2.77. The van der Waals surface area contributed by atoms with Gasteiger partial charge in [-0.3, -0.25) is 5.32 Å². The average molecular weight is 336 g/mol. The molecule has 2 aromatic carbocycles. The fourth-order valence-electron chi connectivity index (χ4n) is 3.45. The van der Waals surface area contributed by atoms with Crippen molar-refractivity contribution in [1.82, 2.24) is 10.3 Å². The highest BCUT2D eigenvalue weighted by Gasteiger charge is 2.37. The van der Waals surface area contributed by atoms with E-state index in [0.717, 1.165) is 29.1 Å². The SMILES string of the molecule is OCC1(NCc2csc(-c3ccccc3)n2)CCc2ccccc21. The predicted octanol–water partition coefficient (Wildman–Crippen LogP) is 3.73. The first kappa shape index (κ1) is 15.5. The number of aromatic nitrogens is 1. The third-order valence-corrected chi connectivity index (χ3v) is 5.74. The summed E-state index contributed by atoms with van der Waals surface area (Å²) >= 11 is 1.66. The van der Waals surface area contributed by atoms with Crippen LogP contribution in [0, 0.1) is 0 Å². The van der Waals surface area contributed by atoms with Crippen molar-refractivity contribution in [3.8, 4) is 10.6 Å². The molecule has 1 heterocycles. The molecule has 1 aromatic heterocycles. The first-order chi connectivity index (χ1) is 11.8. The number of thiazole rings is 1. The van der Waals surface area contributed by atoms with Crippen molar-refractivity contribution < 1.29 is 5.11 Å². The van der Waals surface area contributed by atoms with Crippen molar-refractivity contribution >= 4 is 11.3 Å². The molecule has 4 heteroatoms. The third-order valence-electron chi connectivity index (χ3n) is 4.80. The van der Waals surface area contributed by atoms with Crippen LogP contribution in [0.3, 0.4) is 0 Å². The Hall–Kier alpha value is -2.01. The molecule has 2 N–H and O–H groups in total. The molecule has 4 rings (SSSR count). The summed E-state index contributed by atoms with van der Waals surface area (Å²) in [6, 6.07) is 18.6. The molecular formula is C20H20N2OS. The molecule has 1 unspecified atom stereocenters. The minimum atomic E-state index is -0.340. The number of nitrogens with one attached hydrogen (secondary N) is 1. The van der Waals surface area contributed by atoms with E-state index in [1.165, 1.54) is 11.1 Å². The molecule has 0 aliphatic heterocycles. The summed E-state index contributed by atoms with van der Waals surface area (Å²) in [7, 11) is 0. The van der Waals surface area contributed by atoms with Gasteiger partial charge >= 0.3 is 0 Å². The number of benzene rings is 2. The Morgan fingerprint density at radius 1 is 1.08 bits per heavy atom. The van der Waals surface area contributed by atoms with Gasteiger partial charge in [-0.25, -0.2) is 4.98 Å². The van der Waals surface area contributed by atoms with Crippen molar-refractivity contribution in [3.05, 3.63) is 76.8 Å². The van der Waals surface area contributed by atoms with Gasteiger partial charge in [-0.1, -0.05) is 54.6 Å². The Morgan fingerprint density at radius 2 is 1.88 bits per heavy atom. The number of fused-ring (bicyclic) bond motifs is 1. The molecule has 0 radical (unpaired) electrons. The summed E-state index contributed by atoms with van der Waals surface area (Å²) in [5.74, 6) is 0. The van der Waals surface area contributed by atoms with Crippen LogP contribution >= 0.6 is 11.3 Å². The lowest BCUT2D eigenvalue weighted by Crippen LogP contribution is -2.43. The molecule has 0 saturated carbocycles. The van der Waals surface area contributed by atoms with Gasteiger partial charge in [0, 0.05) is 17.5 Å². The predicted molar refractivity (Wildman–Crippen MR) is 97.9 cm³/mol. The number of hydrogen-bond donors (Lipinski definition) is 2. The fourth-order valence-corrected chi connectivity index (χ4v) is 4.28. The van der Waals surface area contributed by atoms with Gasteiger partial charge in [0.2, 0.25) is 0 Å². The second kappa shape index (κ2) is 6.48. The summed E-state index contributed by atoms with van der Waals surface area (Å²) in [6.45, 7) is 0.776. The highest BCUT2D eigenvalue weighted by Crippen LogP contribution is 2.36. The van der Waals surface area contributed by atoms with Crippen molar-refractivity contribution in [2.24, 2.45) is 0 Å². The molecule has 3 aromatic rings. The highest BCUT2D eigenvalue weighted by molar-refractivity contribution is 7.13. The van der Waals surface area contributed by atoms with Gasteiger partial charge < -0.3 is 5.11 Å². The number of aliphatic hydroxyl groups excluding tert-OH is 1. The maximum absolute atomic E-state index is 10.0. The van der Waals surface area contributed by atoms with Crippen LogP contribution in [0.5, 0.6) is 0 Å². The van der Waals surface area contributed by atoms with Crippen LogP contribution in [0.2, 0.25) is 0 Å². The number of nitrogens with zero attached hydrogens (tertiary/aromatic N) is 1. The molecule has 24 heavy (non-hydrogen) atoms. The summed E-state index contributed by atoms with van der Waals surface area (Å²) < 4.78 is 0. The summed E-state index contributed by atoms with van der Waals surface area (Å²) in [6.07, 6.45) is 1.94. The molecule has 0 fully saturated rings. The lowest BCUT2D eigenvalue weighted by atomic mass is 9.92. The van der Waals surface area contributed by atoms with E-state index in [4.69, 9.17) is 4.98 Å². The van der Waals surface area contributed by atoms with Crippen LogP contribution < -0.4 is 5.32 Å². The Kier molecular flexibility index (Phi) is 4.19. The number of aliphatic hydroxyl groups is 1. The maximum atomic E-state index is 10.0. The normalized spacial score (nSPS) is 19.4. The van der Waals surface area contributed by atoms with Crippen LogP contribution in [0.25, 0.3) is 10.6 Å². The van der Waals surface area contributed by atoms with E-state index in [9.17, 15) is 5.11 Å². The van der Waals surface area contributed by atoms with Crippen molar-refractivity contribution in [3.63, 3.8) is 0 Å². The van der Waals surface area contributed by atoms with Crippen LogP contribution in [0.4, 0.5) is 0 Å². The van der Waals surface area contributed by atoms with Gasteiger partial charge in [0.1, 0.15) is 5.01 Å².